The molecule has 156 valence electrons. The molecule has 0 bridgehead atoms. The smallest absolute Gasteiger partial charge is 0.354 e. The standard InChI is InChI=1S/C24H31NO4/c1-4-29-23(27)22(25-14-26)21-10-9-20-19-7-5-15-13-16(28-3)6-8-17(15)18(19)11-12-24(20,21)2/h6,8,13-14,18-20H,4-5,7,9-12H2,1-3H3,(H,25,26)/b22-21+/t18-,19-,20+,24+/m1/s1. The van der Waals surface area contributed by atoms with E-state index < -0.39 is 5.97 Å². The van der Waals surface area contributed by atoms with Crippen molar-refractivity contribution in [2.45, 2.75) is 58.3 Å². The molecule has 0 heterocycles. The van der Waals surface area contributed by atoms with Crippen LogP contribution in [0.4, 0.5) is 0 Å². The maximum atomic E-state index is 12.5. The molecule has 4 rings (SSSR count). The van der Waals surface area contributed by atoms with E-state index in [9.17, 15) is 9.59 Å². The van der Waals surface area contributed by atoms with E-state index in [1.165, 1.54) is 17.5 Å². The molecule has 1 aromatic rings. The predicted octanol–water partition coefficient (Wildman–Crippen LogP) is 4.11. The number of esters is 1. The van der Waals surface area contributed by atoms with Gasteiger partial charge >= 0.3 is 5.97 Å². The number of benzene rings is 1. The molecule has 29 heavy (non-hydrogen) atoms. The van der Waals surface area contributed by atoms with Crippen molar-refractivity contribution in [3.05, 3.63) is 40.6 Å². The third-order valence-electron chi connectivity index (χ3n) is 7.70. The quantitative estimate of drug-likeness (QED) is 0.461. The molecule has 4 atom stereocenters. The Hall–Kier alpha value is -2.30. The lowest BCUT2D eigenvalue weighted by atomic mass is 9.55. The molecule has 5 nitrogen and oxygen atoms in total. The average Bonchev–Trinajstić information content (AvgIpc) is 3.08. The highest BCUT2D eigenvalue weighted by Gasteiger charge is 2.53. The van der Waals surface area contributed by atoms with Crippen LogP contribution in [0.1, 0.15) is 63.0 Å². The van der Waals surface area contributed by atoms with E-state index in [4.69, 9.17) is 9.47 Å². The highest BCUT2D eigenvalue weighted by Crippen LogP contribution is 2.63. The number of ether oxygens (including phenoxy) is 2. The Morgan fingerprint density at radius 2 is 2.10 bits per heavy atom. The van der Waals surface area contributed by atoms with Crippen LogP contribution in [0, 0.1) is 17.3 Å². The Labute approximate surface area is 172 Å². The molecule has 0 aromatic heterocycles. The summed E-state index contributed by atoms with van der Waals surface area (Å²) in [5.41, 5.74) is 4.33. The van der Waals surface area contributed by atoms with E-state index in [1.54, 1.807) is 14.0 Å². The van der Waals surface area contributed by atoms with Crippen LogP contribution in [0.3, 0.4) is 0 Å². The van der Waals surface area contributed by atoms with Gasteiger partial charge in [0.1, 0.15) is 11.4 Å². The van der Waals surface area contributed by atoms with Crippen LogP contribution in [-0.2, 0) is 20.7 Å². The second-order valence-corrected chi connectivity index (χ2v) is 8.81. The molecule has 0 aliphatic heterocycles. The monoisotopic (exact) mass is 397 g/mol. The number of carbonyl (C=O) groups excluding carboxylic acids is 2. The van der Waals surface area contributed by atoms with E-state index in [2.05, 4.69) is 30.4 Å². The van der Waals surface area contributed by atoms with Gasteiger partial charge in [0.25, 0.3) is 0 Å². The molecule has 0 unspecified atom stereocenters. The third kappa shape index (κ3) is 3.24. The minimum atomic E-state index is -0.403. The molecule has 2 saturated carbocycles. The number of hydrogen-bond acceptors (Lipinski definition) is 4. The summed E-state index contributed by atoms with van der Waals surface area (Å²) in [6.45, 7) is 4.40. The number of carbonyl (C=O) groups is 2. The number of methoxy groups -OCH3 is 1. The zero-order valence-electron chi connectivity index (χ0n) is 17.6. The normalized spacial score (nSPS) is 31.8. The van der Waals surface area contributed by atoms with Crippen LogP contribution in [0.5, 0.6) is 5.75 Å². The summed E-state index contributed by atoms with van der Waals surface area (Å²) in [4.78, 5) is 23.7. The fourth-order valence-corrected chi connectivity index (χ4v) is 6.44. The largest absolute Gasteiger partial charge is 0.497 e. The van der Waals surface area contributed by atoms with Crippen molar-refractivity contribution in [3.8, 4) is 5.75 Å². The molecular formula is C24H31NO4. The molecule has 2 fully saturated rings. The van der Waals surface area contributed by atoms with Gasteiger partial charge in [0.15, 0.2) is 0 Å². The highest BCUT2D eigenvalue weighted by molar-refractivity contribution is 5.91. The summed E-state index contributed by atoms with van der Waals surface area (Å²) >= 11 is 0. The third-order valence-corrected chi connectivity index (χ3v) is 7.70. The van der Waals surface area contributed by atoms with Gasteiger partial charge in [0, 0.05) is 0 Å². The molecule has 1 amide bonds. The van der Waals surface area contributed by atoms with Gasteiger partial charge in [-0.15, -0.1) is 0 Å². The van der Waals surface area contributed by atoms with Crippen LogP contribution in [0.2, 0.25) is 0 Å². The van der Waals surface area contributed by atoms with Crippen molar-refractivity contribution < 1.29 is 19.1 Å². The Bertz CT molecular complexity index is 845. The first kappa shape index (κ1) is 20.0. The first-order chi connectivity index (χ1) is 14.0. The second-order valence-electron chi connectivity index (χ2n) is 8.81. The van der Waals surface area contributed by atoms with Crippen molar-refractivity contribution in [2.75, 3.05) is 13.7 Å². The fourth-order valence-electron chi connectivity index (χ4n) is 6.44. The van der Waals surface area contributed by atoms with Crippen LogP contribution in [0.25, 0.3) is 0 Å². The lowest BCUT2D eigenvalue weighted by Crippen LogP contribution is -2.41. The van der Waals surface area contributed by atoms with Gasteiger partial charge < -0.3 is 14.8 Å². The van der Waals surface area contributed by atoms with Gasteiger partial charge in [-0.25, -0.2) is 4.79 Å². The Balaban J connectivity index is 1.67. The summed E-state index contributed by atoms with van der Waals surface area (Å²) in [5.74, 6) is 2.26. The number of nitrogens with one attached hydrogen (secondary N) is 1. The first-order valence-electron chi connectivity index (χ1n) is 10.8. The summed E-state index contributed by atoms with van der Waals surface area (Å²) < 4.78 is 10.7. The Morgan fingerprint density at radius 1 is 1.28 bits per heavy atom. The number of fused-ring (bicyclic) bond motifs is 5. The van der Waals surface area contributed by atoms with Crippen LogP contribution in [0.15, 0.2) is 29.5 Å². The van der Waals surface area contributed by atoms with E-state index in [-0.39, 0.29) is 5.41 Å². The highest BCUT2D eigenvalue weighted by atomic mass is 16.5. The fraction of sp³-hybridized carbons (Fsp3) is 0.583. The van der Waals surface area contributed by atoms with Crippen molar-refractivity contribution in [1.29, 1.82) is 0 Å². The number of rotatable bonds is 5. The zero-order chi connectivity index (χ0) is 20.6. The molecule has 0 radical (unpaired) electrons. The molecular weight excluding hydrogens is 366 g/mol. The molecule has 0 spiro atoms. The van der Waals surface area contributed by atoms with E-state index >= 15 is 0 Å². The van der Waals surface area contributed by atoms with Crippen molar-refractivity contribution >= 4 is 12.4 Å². The number of aryl methyl sites for hydroxylation is 1. The lowest BCUT2D eigenvalue weighted by Gasteiger charge is -2.49. The van der Waals surface area contributed by atoms with Crippen molar-refractivity contribution in [3.63, 3.8) is 0 Å². The molecule has 5 heteroatoms. The molecule has 1 aromatic carbocycles. The topological polar surface area (TPSA) is 64.6 Å². The first-order valence-corrected chi connectivity index (χ1v) is 10.8. The minimum absolute atomic E-state index is 0.0523. The second kappa shape index (κ2) is 7.85. The molecule has 0 saturated heterocycles. The molecule has 3 aliphatic carbocycles. The summed E-state index contributed by atoms with van der Waals surface area (Å²) in [6.07, 6.45) is 6.92. The number of amides is 1. The summed E-state index contributed by atoms with van der Waals surface area (Å²) in [5, 5.41) is 2.68. The Morgan fingerprint density at radius 3 is 2.83 bits per heavy atom. The van der Waals surface area contributed by atoms with Gasteiger partial charge in [-0.2, -0.15) is 0 Å². The maximum absolute atomic E-state index is 12.5. The molecule has 3 aliphatic rings. The van der Waals surface area contributed by atoms with E-state index in [0.717, 1.165) is 43.4 Å². The summed E-state index contributed by atoms with van der Waals surface area (Å²) in [6, 6.07) is 6.55. The van der Waals surface area contributed by atoms with Crippen LogP contribution < -0.4 is 10.1 Å². The number of allylic oxidation sites excluding steroid dienone is 1. The van der Waals surface area contributed by atoms with Gasteiger partial charge in [0.05, 0.1) is 13.7 Å². The number of hydrogen-bond donors (Lipinski definition) is 1. The summed E-state index contributed by atoms with van der Waals surface area (Å²) in [7, 11) is 1.72. The van der Waals surface area contributed by atoms with E-state index in [0.29, 0.717) is 36.5 Å². The lowest BCUT2D eigenvalue weighted by molar-refractivity contribution is -0.139. The van der Waals surface area contributed by atoms with Gasteiger partial charge in [-0.05, 0) is 97.5 Å². The van der Waals surface area contributed by atoms with Gasteiger partial charge in [-0.1, -0.05) is 13.0 Å². The van der Waals surface area contributed by atoms with Crippen LogP contribution in [-0.4, -0.2) is 26.1 Å². The SMILES string of the molecule is CCOC(=O)/C(NC=O)=C1/CC[C@H]2[C@@H]3CCc4cc(OC)ccc4[C@H]3CC[C@]12C. The minimum Gasteiger partial charge on any atom is -0.497 e. The van der Waals surface area contributed by atoms with Gasteiger partial charge in [0.2, 0.25) is 6.41 Å². The predicted molar refractivity (Wildman–Crippen MR) is 110 cm³/mol. The van der Waals surface area contributed by atoms with Crippen molar-refractivity contribution in [1.82, 2.24) is 5.32 Å². The zero-order valence-corrected chi connectivity index (χ0v) is 17.6. The van der Waals surface area contributed by atoms with Crippen LogP contribution >= 0.6 is 0 Å². The Kier molecular flexibility index (Phi) is 5.41. The van der Waals surface area contributed by atoms with Crippen molar-refractivity contribution in [2.24, 2.45) is 17.3 Å². The van der Waals surface area contributed by atoms with E-state index in [1.807, 2.05) is 0 Å². The van der Waals surface area contributed by atoms with Gasteiger partial charge in [-0.3, -0.25) is 4.79 Å². The molecule has 1 N–H and O–H groups in total. The maximum Gasteiger partial charge on any atom is 0.354 e. The average molecular weight is 398 g/mol.